The fourth-order valence-electron chi connectivity index (χ4n) is 3.55. The summed E-state index contributed by atoms with van der Waals surface area (Å²) in [6, 6.07) is 12.2. The molecule has 0 saturated carbocycles. The number of nitroso groups, excluding NO2 is 1. The van der Waals surface area contributed by atoms with Crippen molar-refractivity contribution in [3.05, 3.63) is 74.0 Å². The highest BCUT2D eigenvalue weighted by atomic mass is 35.5. The Labute approximate surface area is 197 Å². The van der Waals surface area contributed by atoms with E-state index in [1.807, 2.05) is 35.9 Å². The minimum atomic E-state index is -2.44. The molecule has 1 fully saturated rings. The number of nitrogens with one attached hydrogen (secondary N) is 1. The predicted molar refractivity (Wildman–Crippen MR) is 128 cm³/mol. The average molecular weight is 500 g/mol. The summed E-state index contributed by atoms with van der Waals surface area (Å²) in [7, 11) is -1.56. The highest BCUT2D eigenvalue weighted by Crippen LogP contribution is 2.67. The zero-order valence-corrected chi connectivity index (χ0v) is 19.9. The van der Waals surface area contributed by atoms with Crippen LogP contribution in [-0.4, -0.2) is 30.3 Å². The number of alkyl halides is 2. The topological polar surface area (TPSA) is 53.9 Å². The van der Waals surface area contributed by atoms with E-state index in [-0.39, 0.29) is 11.7 Å². The number of hydrogen-bond acceptors (Lipinski definition) is 6. The summed E-state index contributed by atoms with van der Waals surface area (Å²) in [5, 5.41) is 3.27. The van der Waals surface area contributed by atoms with Gasteiger partial charge in [0.25, 0.3) is 6.43 Å². The molecule has 1 atom stereocenters. The second kappa shape index (κ2) is 9.99. The first-order chi connectivity index (χ1) is 15.4. The third-order valence-corrected chi connectivity index (χ3v) is 8.59. The van der Waals surface area contributed by atoms with E-state index in [0.29, 0.717) is 17.3 Å². The minimum absolute atomic E-state index is 0.0624. The van der Waals surface area contributed by atoms with Gasteiger partial charge in [0.1, 0.15) is 11.9 Å². The van der Waals surface area contributed by atoms with Crippen molar-refractivity contribution in [1.82, 2.24) is 9.62 Å². The molecule has 2 aliphatic rings. The van der Waals surface area contributed by atoms with E-state index in [2.05, 4.69) is 14.2 Å². The number of ether oxygens (including phenoxy) is 1. The molecule has 0 amide bonds. The number of piperidine rings is 1. The standard InChI is InChI=1S/C22H24ClF2N3O2S2/c1-32(27-29)14-21(32)26-31-18-5-6-20(19(23)12-18)30-17-7-9-28(10-8-17)13-15-3-2-4-16(11-15)22(24)25/h2-6,11-12,14,17,22,26H,7-10,13H2,1H3. The van der Waals surface area contributed by atoms with Crippen molar-refractivity contribution < 1.29 is 13.5 Å². The molecule has 2 heterocycles. The van der Waals surface area contributed by atoms with E-state index in [1.165, 1.54) is 18.0 Å². The van der Waals surface area contributed by atoms with Gasteiger partial charge in [-0.25, -0.2) is 8.78 Å². The Hall–Kier alpha value is -1.81. The lowest BCUT2D eigenvalue weighted by Gasteiger charge is -2.32. The summed E-state index contributed by atoms with van der Waals surface area (Å²) >= 11 is 7.82. The molecule has 0 radical (unpaired) electrons. The van der Waals surface area contributed by atoms with Crippen LogP contribution in [0.1, 0.15) is 30.4 Å². The van der Waals surface area contributed by atoms with Crippen molar-refractivity contribution in [3.63, 3.8) is 0 Å². The molecule has 32 heavy (non-hydrogen) atoms. The van der Waals surface area contributed by atoms with Crippen LogP contribution in [0.15, 0.2) is 62.4 Å². The zero-order valence-electron chi connectivity index (χ0n) is 17.5. The molecule has 0 bridgehead atoms. The first-order valence-corrected chi connectivity index (χ1v) is 13.4. The number of hydrogen-bond donors (Lipinski definition) is 1. The minimum Gasteiger partial charge on any atom is -0.489 e. The Morgan fingerprint density at radius 2 is 2.06 bits per heavy atom. The third-order valence-electron chi connectivity index (χ3n) is 5.49. The molecule has 0 aliphatic carbocycles. The fourth-order valence-corrected chi connectivity index (χ4v) is 6.28. The van der Waals surface area contributed by atoms with Crippen LogP contribution < -0.4 is 9.46 Å². The van der Waals surface area contributed by atoms with Gasteiger partial charge in [-0.3, -0.25) is 4.90 Å². The maximum atomic E-state index is 12.9. The van der Waals surface area contributed by atoms with Crippen LogP contribution >= 0.6 is 33.8 Å². The van der Waals surface area contributed by atoms with Crippen LogP contribution in [0, 0.1) is 4.91 Å². The maximum absolute atomic E-state index is 12.9. The lowest BCUT2D eigenvalue weighted by molar-refractivity contribution is 0.0967. The number of benzene rings is 2. The number of halogens is 3. The second-order valence-corrected chi connectivity index (χ2v) is 11.9. The molecule has 1 saturated heterocycles. The lowest BCUT2D eigenvalue weighted by atomic mass is 10.1. The van der Waals surface area contributed by atoms with Gasteiger partial charge in [0.15, 0.2) is 0 Å². The molecule has 172 valence electrons. The van der Waals surface area contributed by atoms with Crippen LogP contribution in [0.25, 0.3) is 0 Å². The SMILES string of the molecule is CS1(N=O)C=C1NSc1ccc(OC2CCN(Cc3cccc(C(F)F)c3)CC2)c(Cl)c1. The van der Waals surface area contributed by atoms with Gasteiger partial charge in [-0.2, -0.15) is 0 Å². The molecular weight excluding hydrogens is 476 g/mol. The van der Waals surface area contributed by atoms with Crippen molar-refractivity contribution in [1.29, 1.82) is 0 Å². The van der Waals surface area contributed by atoms with Crippen molar-refractivity contribution in [2.75, 3.05) is 19.3 Å². The van der Waals surface area contributed by atoms with E-state index in [1.54, 1.807) is 12.1 Å². The van der Waals surface area contributed by atoms with Gasteiger partial charge in [0.05, 0.1) is 10.1 Å². The smallest absolute Gasteiger partial charge is 0.263 e. The van der Waals surface area contributed by atoms with E-state index < -0.39 is 16.6 Å². The molecule has 1 unspecified atom stereocenters. The summed E-state index contributed by atoms with van der Waals surface area (Å²) in [4.78, 5) is 13.9. The van der Waals surface area contributed by atoms with E-state index in [0.717, 1.165) is 41.4 Å². The van der Waals surface area contributed by atoms with Crippen molar-refractivity contribution in [2.45, 2.75) is 36.8 Å². The summed E-state index contributed by atoms with van der Waals surface area (Å²) in [5.74, 6) is 0.648. The van der Waals surface area contributed by atoms with Crippen LogP contribution in [0.3, 0.4) is 0 Å². The first kappa shape index (κ1) is 23.4. The van der Waals surface area contributed by atoms with Gasteiger partial charge < -0.3 is 9.46 Å². The Bertz CT molecular complexity index is 1020. The summed E-state index contributed by atoms with van der Waals surface area (Å²) in [6.45, 7) is 2.32. The Morgan fingerprint density at radius 1 is 1.28 bits per heavy atom. The maximum Gasteiger partial charge on any atom is 0.263 e. The largest absolute Gasteiger partial charge is 0.489 e. The quantitative estimate of drug-likeness (QED) is 0.302. The molecule has 2 aliphatic heterocycles. The van der Waals surface area contributed by atoms with E-state index in [4.69, 9.17) is 16.3 Å². The molecular formula is C22H24ClF2N3O2S2. The Kier molecular flexibility index (Phi) is 7.29. The van der Waals surface area contributed by atoms with E-state index >= 15 is 0 Å². The normalized spacial score (nSPS) is 23.3. The molecule has 4 rings (SSSR count). The van der Waals surface area contributed by atoms with Gasteiger partial charge >= 0.3 is 0 Å². The van der Waals surface area contributed by atoms with Crippen molar-refractivity contribution in [2.24, 2.45) is 4.58 Å². The third kappa shape index (κ3) is 5.75. The number of likely N-dealkylation sites (tertiary alicyclic amines) is 1. The monoisotopic (exact) mass is 499 g/mol. The summed E-state index contributed by atoms with van der Waals surface area (Å²) < 4.78 is 38.2. The molecule has 2 aromatic rings. The van der Waals surface area contributed by atoms with Crippen LogP contribution in [0.4, 0.5) is 8.78 Å². The van der Waals surface area contributed by atoms with Gasteiger partial charge in [-0.1, -0.05) is 29.8 Å². The highest BCUT2D eigenvalue weighted by Gasteiger charge is 2.36. The Balaban J connectivity index is 1.24. The molecule has 0 spiro atoms. The second-order valence-electron chi connectivity index (χ2n) is 7.93. The van der Waals surface area contributed by atoms with E-state index in [9.17, 15) is 13.7 Å². The van der Waals surface area contributed by atoms with Crippen molar-refractivity contribution in [3.8, 4) is 5.75 Å². The summed E-state index contributed by atoms with van der Waals surface area (Å²) in [5.41, 5.74) is 0.969. The van der Waals surface area contributed by atoms with Gasteiger partial charge in [0.2, 0.25) is 0 Å². The number of rotatable bonds is 9. The molecule has 0 aromatic heterocycles. The molecule has 10 heteroatoms. The van der Waals surface area contributed by atoms with Gasteiger partial charge in [-0.15, -0.1) is 4.91 Å². The molecule has 5 nitrogen and oxygen atoms in total. The predicted octanol–water partition coefficient (Wildman–Crippen LogP) is 6.85. The first-order valence-electron chi connectivity index (χ1n) is 10.2. The average Bonchev–Trinajstić information content (AvgIpc) is 3.46. The van der Waals surface area contributed by atoms with Crippen LogP contribution in [0.2, 0.25) is 5.02 Å². The highest BCUT2D eigenvalue weighted by molar-refractivity contribution is 8.43. The fraction of sp³-hybridized carbons (Fsp3) is 0.364. The number of nitrogens with zero attached hydrogens (tertiary/aromatic N) is 2. The summed E-state index contributed by atoms with van der Waals surface area (Å²) in [6.07, 6.45) is 1.14. The van der Waals surface area contributed by atoms with Crippen molar-refractivity contribution >= 4 is 33.8 Å². The van der Waals surface area contributed by atoms with Crippen LogP contribution in [-0.2, 0) is 6.54 Å². The van der Waals surface area contributed by atoms with Gasteiger partial charge in [0, 0.05) is 35.5 Å². The molecule has 2 aromatic carbocycles. The Morgan fingerprint density at radius 3 is 2.72 bits per heavy atom. The van der Waals surface area contributed by atoms with Gasteiger partial charge in [-0.05, 0) is 75.7 Å². The molecule has 1 N–H and O–H groups in total. The van der Waals surface area contributed by atoms with Crippen LogP contribution in [0.5, 0.6) is 5.75 Å². The zero-order chi connectivity index (χ0) is 22.7. The lowest BCUT2D eigenvalue weighted by Crippen LogP contribution is -2.37.